The van der Waals surface area contributed by atoms with Crippen LogP contribution >= 0.6 is 0 Å². The lowest BCUT2D eigenvalue weighted by Crippen LogP contribution is -2.44. The number of nitrogens with zero attached hydrogens (tertiary/aromatic N) is 1. The highest BCUT2D eigenvalue weighted by molar-refractivity contribution is 5.43. The summed E-state index contributed by atoms with van der Waals surface area (Å²) in [5, 5.41) is 20.3. The summed E-state index contributed by atoms with van der Waals surface area (Å²) in [4.78, 5) is 0. The third-order valence-electron chi connectivity index (χ3n) is 4.61. The molecule has 3 heteroatoms. The van der Waals surface area contributed by atoms with Crippen LogP contribution in [0.3, 0.4) is 0 Å². The number of ether oxygens (including phenoxy) is 1. The van der Waals surface area contributed by atoms with Gasteiger partial charge in [0.05, 0.1) is 24.7 Å². The molecular weight excluding hydrogens is 322 g/mol. The smallest absolute Gasteiger partial charge is 0.156 e. The second-order valence-electron chi connectivity index (χ2n) is 6.21. The molecule has 3 rings (SSSR count). The molecule has 0 amide bonds. The lowest BCUT2D eigenvalue weighted by atomic mass is 9.71. The van der Waals surface area contributed by atoms with Crippen molar-refractivity contribution >= 4 is 0 Å². The van der Waals surface area contributed by atoms with Crippen molar-refractivity contribution < 1.29 is 9.84 Å². The Labute approximate surface area is 154 Å². The summed E-state index contributed by atoms with van der Waals surface area (Å²) < 4.78 is 6.01. The number of hydrogen-bond donors (Lipinski definition) is 1. The standard InChI is InChI=1S/C23H21NO2/c24-16-22(25)23(20-12-6-2-7-13-20,21-14-8-3-9-15-21)18-26-17-19-10-4-1-5-11-19/h1-15,22,25H,17-18H2. The van der Waals surface area contributed by atoms with E-state index in [9.17, 15) is 10.4 Å². The van der Waals surface area contributed by atoms with Gasteiger partial charge in [0.1, 0.15) is 0 Å². The van der Waals surface area contributed by atoms with Gasteiger partial charge >= 0.3 is 0 Å². The fourth-order valence-corrected chi connectivity index (χ4v) is 3.21. The third-order valence-corrected chi connectivity index (χ3v) is 4.61. The lowest BCUT2D eigenvalue weighted by Gasteiger charge is -2.36. The second kappa shape index (κ2) is 8.44. The van der Waals surface area contributed by atoms with Gasteiger partial charge in [-0.15, -0.1) is 0 Å². The van der Waals surface area contributed by atoms with Crippen molar-refractivity contribution in [2.24, 2.45) is 0 Å². The molecule has 1 N–H and O–H groups in total. The molecule has 0 heterocycles. The van der Waals surface area contributed by atoms with Crippen LogP contribution in [0, 0.1) is 11.3 Å². The third kappa shape index (κ3) is 3.67. The number of hydrogen-bond acceptors (Lipinski definition) is 3. The molecule has 3 aromatic carbocycles. The van der Waals surface area contributed by atoms with Crippen molar-refractivity contribution in [1.82, 2.24) is 0 Å². The Hall–Kier alpha value is -2.93. The van der Waals surface area contributed by atoms with Gasteiger partial charge in [-0.3, -0.25) is 0 Å². The average molecular weight is 343 g/mol. The molecule has 1 unspecified atom stereocenters. The second-order valence-corrected chi connectivity index (χ2v) is 6.21. The number of aliphatic hydroxyl groups is 1. The van der Waals surface area contributed by atoms with Gasteiger partial charge in [0.15, 0.2) is 6.10 Å². The zero-order chi connectivity index (χ0) is 18.2. The Morgan fingerprint density at radius 1 is 0.808 bits per heavy atom. The van der Waals surface area contributed by atoms with E-state index in [1.54, 1.807) is 0 Å². The van der Waals surface area contributed by atoms with Crippen molar-refractivity contribution in [3.05, 3.63) is 108 Å². The van der Waals surface area contributed by atoms with E-state index in [-0.39, 0.29) is 6.61 Å². The van der Waals surface area contributed by atoms with Crippen LogP contribution in [0.4, 0.5) is 0 Å². The predicted molar refractivity (Wildman–Crippen MR) is 101 cm³/mol. The number of benzene rings is 3. The van der Waals surface area contributed by atoms with E-state index >= 15 is 0 Å². The maximum absolute atomic E-state index is 10.7. The molecule has 0 aliphatic rings. The van der Waals surface area contributed by atoms with E-state index in [1.807, 2.05) is 97.1 Å². The largest absolute Gasteiger partial charge is 0.377 e. The Bertz CT molecular complexity index is 802. The Kier molecular flexibility index (Phi) is 5.80. The van der Waals surface area contributed by atoms with Gasteiger partial charge in [0.2, 0.25) is 0 Å². The van der Waals surface area contributed by atoms with E-state index in [0.29, 0.717) is 6.61 Å². The van der Waals surface area contributed by atoms with Gasteiger partial charge in [-0.2, -0.15) is 5.26 Å². The highest BCUT2D eigenvalue weighted by atomic mass is 16.5. The minimum Gasteiger partial charge on any atom is -0.377 e. The van der Waals surface area contributed by atoms with Crippen molar-refractivity contribution in [3.8, 4) is 6.07 Å². The van der Waals surface area contributed by atoms with Gasteiger partial charge in [-0.05, 0) is 16.7 Å². The fourth-order valence-electron chi connectivity index (χ4n) is 3.21. The Morgan fingerprint density at radius 2 is 1.27 bits per heavy atom. The molecule has 3 nitrogen and oxygen atoms in total. The molecule has 0 bridgehead atoms. The Morgan fingerprint density at radius 3 is 1.73 bits per heavy atom. The molecule has 3 aromatic rings. The van der Waals surface area contributed by atoms with E-state index in [1.165, 1.54) is 0 Å². The van der Waals surface area contributed by atoms with Crippen LogP contribution in [0.2, 0.25) is 0 Å². The molecule has 0 aromatic heterocycles. The first-order chi connectivity index (χ1) is 12.8. The molecule has 26 heavy (non-hydrogen) atoms. The van der Waals surface area contributed by atoms with Crippen molar-refractivity contribution in [2.75, 3.05) is 6.61 Å². The van der Waals surface area contributed by atoms with E-state index in [4.69, 9.17) is 4.74 Å². The number of rotatable bonds is 7. The van der Waals surface area contributed by atoms with Crippen LogP contribution in [0.5, 0.6) is 0 Å². The van der Waals surface area contributed by atoms with E-state index < -0.39 is 11.5 Å². The minimum absolute atomic E-state index is 0.199. The highest BCUT2D eigenvalue weighted by Crippen LogP contribution is 2.36. The fraction of sp³-hybridized carbons (Fsp3) is 0.174. The monoisotopic (exact) mass is 343 g/mol. The molecule has 0 saturated heterocycles. The van der Waals surface area contributed by atoms with Crippen LogP contribution in [0.25, 0.3) is 0 Å². The predicted octanol–water partition coefficient (Wildman–Crippen LogP) is 4.07. The summed E-state index contributed by atoms with van der Waals surface area (Å²) in [5.74, 6) is 0. The first-order valence-corrected chi connectivity index (χ1v) is 8.58. The van der Waals surface area contributed by atoms with Crippen LogP contribution in [-0.2, 0) is 16.8 Å². The summed E-state index contributed by atoms with van der Waals surface area (Å²) >= 11 is 0. The van der Waals surface area contributed by atoms with Crippen molar-refractivity contribution in [1.29, 1.82) is 5.26 Å². The van der Waals surface area contributed by atoms with Gasteiger partial charge in [-0.25, -0.2) is 0 Å². The van der Waals surface area contributed by atoms with E-state index in [2.05, 4.69) is 0 Å². The lowest BCUT2D eigenvalue weighted by molar-refractivity contribution is 0.0371. The first-order valence-electron chi connectivity index (χ1n) is 8.58. The molecule has 0 aliphatic heterocycles. The molecule has 0 spiro atoms. The normalized spacial score (nSPS) is 12.3. The number of aliphatic hydroxyl groups excluding tert-OH is 1. The topological polar surface area (TPSA) is 53.2 Å². The molecule has 1 atom stereocenters. The Balaban J connectivity index is 1.98. The van der Waals surface area contributed by atoms with Crippen molar-refractivity contribution in [3.63, 3.8) is 0 Å². The summed E-state index contributed by atoms with van der Waals surface area (Å²) in [6.07, 6.45) is -1.23. The van der Waals surface area contributed by atoms with Crippen LogP contribution < -0.4 is 0 Å². The quantitative estimate of drug-likeness (QED) is 0.658. The molecule has 0 fully saturated rings. The molecule has 0 aliphatic carbocycles. The van der Waals surface area contributed by atoms with Crippen LogP contribution in [0.15, 0.2) is 91.0 Å². The maximum atomic E-state index is 10.7. The molecule has 0 saturated carbocycles. The van der Waals surface area contributed by atoms with Crippen molar-refractivity contribution in [2.45, 2.75) is 18.1 Å². The van der Waals surface area contributed by atoms with Gasteiger partial charge in [-0.1, -0.05) is 91.0 Å². The van der Waals surface area contributed by atoms with Crippen LogP contribution in [0.1, 0.15) is 16.7 Å². The van der Waals surface area contributed by atoms with Gasteiger partial charge in [0, 0.05) is 0 Å². The van der Waals surface area contributed by atoms with Crippen LogP contribution in [-0.4, -0.2) is 17.8 Å². The van der Waals surface area contributed by atoms with Gasteiger partial charge < -0.3 is 9.84 Å². The number of nitriles is 1. The average Bonchev–Trinajstić information content (AvgIpc) is 2.73. The zero-order valence-corrected chi connectivity index (χ0v) is 14.5. The SMILES string of the molecule is N#CC(O)C(COCc1ccccc1)(c1ccccc1)c1ccccc1. The maximum Gasteiger partial charge on any atom is 0.156 e. The highest BCUT2D eigenvalue weighted by Gasteiger charge is 2.42. The molecule has 130 valence electrons. The molecule has 0 radical (unpaired) electrons. The summed E-state index contributed by atoms with van der Waals surface area (Å²) in [6.45, 7) is 0.616. The zero-order valence-electron chi connectivity index (χ0n) is 14.5. The summed E-state index contributed by atoms with van der Waals surface area (Å²) in [6, 6.07) is 31.1. The van der Waals surface area contributed by atoms with Gasteiger partial charge in [0.25, 0.3) is 0 Å². The summed E-state index contributed by atoms with van der Waals surface area (Å²) in [7, 11) is 0. The summed E-state index contributed by atoms with van der Waals surface area (Å²) in [5.41, 5.74) is 1.81. The minimum atomic E-state index is -1.23. The van der Waals surface area contributed by atoms with E-state index in [0.717, 1.165) is 16.7 Å². The first kappa shape index (κ1) is 17.9. The molecular formula is C23H21NO2.